The zero-order chi connectivity index (χ0) is 34.1. The largest absolute Gasteiger partial charge is 0.0683 e. The first-order chi connectivity index (χ1) is 22.8. The Bertz CT molecular complexity index is 448. The summed E-state index contributed by atoms with van der Waals surface area (Å²) in [6.07, 6.45) is 58.4. The van der Waals surface area contributed by atoms with E-state index < -0.39 is 0 Å². The molecule has 0 heterocycles. The summed E-state index contributed by atoms with van der Waals surface area (Å²) < 4.78 is 0. The van der Waals surface area contributed by atoms with Crippen molar-refractivity contribution in [3.8, 4) is 0 Å². The molecule has 46 heavy (non-hydrogen) atoms. The second-order valence-electron chi connectivity index (χ2n) is 15.2. The maximum Gasteiger partial charge on any atom is -0.0297 e. The van der Waals surface area contributed by atoms with Crippen LogP contribution in [0.5, 0.6) is 0 Å². The van der Waals surface area contributed by atoms with Crippen LogP contribution in [0.3, 0.4) is 0 Å². The number of rotatable bonds is 34. The third kappa shape index (κ3) is 35.3. The molecule has 0 bridgehead atoms. The smallest absolute Gasteiger partial charge is 0.0297 e. The molecular formula is C46H96. The highest BCUT2D eigenvalue weighted by Crippen LogP contribution is 2.44. The van der Waals surface area contributed by atoms with Gasteiger partial charge in [0.25, 0.3) is 0 Å². The van der Waals surface area contributed by atoms with Crippen molar-refractivity contribution in [3.63, 3.8) is 0 Å². The van der Waals surface area contributed by atoms with Gasteiger partial charge in [0, 0.05) is 0 Å². The van der Waals surface area contributed by atoms with E-state index in [0.29, 0.717) is 0 Å². The summed E-state index contributed by atoms with van der Waals surface area (Å²) in [7, 11) is 0. The zero-order valence-corrected chi connectivity index (χ0v) is 34.1. The van der Waals surface area contributed by atoms with E-state index in [1.807, 2.05) is 27.7 Å². The Morgan fingerprint density at radius 2 is 0.457 bits per heavy atom. The molecule has 0 aliphatic heterocycles. The number of hydrogen-bond donors (Lipinski definition) is 0. The van der Waals surface area contributed by atoms with E-state index in [-0.39, 0.29) is 0 Å². The molecule has 0 unspecified atom stereocenters. The van der Waals surface area contributed by atoms with Gasteiger partial charge < -0.3 is 0 Å². The molecule has 1 saturated carbocycles. The normalized spacial score (nSPS) is 14.0. The van der Waals surface area contributed by atoms with E-state index in [1.165, 1.54) is 225 Å². The van der Waals surface area contributed by atoms with Crippen LogP contribution in [0.1, 0.15) is 292 Å². The minimum absolute atomic E-state index is 0.754. The van der Waals surface area contributed by atoms with Crippen LogP contribution in [0.15, 0.2) is 0 Å². The quantitative estimate of drug-likeness (QED) is 0.0609. The zero-order valence-electron chi connectivity index (χ0n) is 34.1. The Kier molecular flexibility index (Phi) is 45.0. The molecule has 0 spiro atoms. The monoisotopic (exact) mass is 649 g/mol. The summed E-state index contributed by atoms with van der Waals surface area (Å²) in [4.78, 5) is 0. The lowest BCUT2D eigenvalue weighted by atomic mass is 9.68. The van der Waals surface area contributed by atoms with Crippen LogP contribution in [0.25, 0.3) is 0 Å². The molecule has 0 heteroatoms. The Morgan fingerprint density at radius 1 is 0.261 bits per heavy atom. The summed E-state index contributed by atoms with van der Waals surface area (Å²) >= 11 is 0. The molecule has 0 nitrogen and oxygen atoms in total. The van der Waals surface area contributed by atoms with E-state index in [1.54, 1.807) is 25.7 Å². The van der Waals surface area contributed by atoms with Gasteiger partial charge in [-0.2, -0.15) is 0 Å². The predicted octanol–water partition coefficient (Wildman–Crippen LogP) is 18.3. The van der Waals surface area contributed by atoms with E-state index in [0.717, 1.165) is 5.41 Å². The maximum absolute atomic E-state index is 2.32. The van der Waals surface area contributed by atoms with Gasteiger partial charge in [-0.05, 0) is 31.1 Å². The SMILES string of the molecule is CC.CC.CCCCCCCCCCCCCCCCCCC1(CCCCCCCCCCCCCCCCCC)CCCCC1. The first-order valence-electron chi connectivity index (χ1n) is 22.8. The van der Waals surface area contributed by atoms with Gasteiger partial charge in [-0.1, -0.05) is 266 Å². The Morgan fingerprint density at radius 3 is 0.674 bits per heavy atom. The highest BCUT2D eigenvalue weighted by molar-refractivity contribution is 4.83. The summed E-state index contributed by atoms with van der Waals surface area (Å²) in [6.45, 7) is 12.6. The summed E-state index contributed by atoms with van der Waals surface area (Å²) in [5.41, 5.74) is 0.754. The third-order valence-corrected chi connectivity index (χ3v) is 11.0. The standard InChI is InChI=1S/C42H84.2C2H6/c1-3-5-7-9-11-13-15-17-19-21-23-25-27-29-31-34-38-42(40-36-33-37-41-42)39-35-32-30-28-26-24-22-20-18-16-14-12-10-8-6-4-2;2*1-2/h3-41H2,1-2H3;2*1-2H3. The van der Waals surface area contributed by atoms with Crippen LogP contribution in [0, 0.1) is 5.41 Å². The summed E-state index contributed by atoms with van der Waals surface area (Å²) in [6, 6.07) is 0. The van der Waals surface area contributed by atoms with Crippen LogP contribution in [0.2, 0.25) is 0 Å². The average molecular weight is 649 g/mol. The van der Waals surface area contributed by atoms with Gasteiger partial charge >= 0.3 is 0 Å². The molecule has 1 rings (SSSR count). The van der Waals surface area contributed by atoms with Gasteiger partial charge in [-0.15, -0.1) is 0 Å². The van der Waals surface area contributed by atoms with Gasteiger partial charge in [-0.3, -0.25) is 0 Å². The molecule has 0 amide bonds. The average Bonchev–Trinajstić information content (AvgIpc) is 3.10. The lowest BCUT2D eigenvalue weighted by Gasteiger charge is -2.38. The van der Waals surface area contributed by atoms with Crippen LogP contribution in [-0.4, -0.2) is 0 Å². The van der Waals surface area contributed by atoms with Crippen molar-refractivity contribution >= 4 is 0 Å². The second kappa shape index (κ2) is 43.0. The van der Waals surface area contributed by atoms with Gasteiger partial charge in [0.2, 0.25) is 0 Å². The molecule has 0 N–H and O–H groups in total. The second-order valence-corrected chi connectivity index (χ2v) is 15.2. The van der Waals surface area contributed by atoms with Gasteiger partial charge in [0.15, 0.2) is 0 Å². The van der Waals surface area contributed by atoms with E-state index in [4.69, 9.17) is 0 Å². The highest BCUT2D eigenvalue weighted by atomic mass is 14.4. The molecule has 1 fully saturated rings. The van der Waals surface area contributed by atoms with Crippen molar-refractivity contribution in [2.24, 2.45) is 5.41 Å². The lowest BCUT2D eigenvalue weighted by Crippen LogP contribution is -2.24. The number of hydrogen-bond acceptors (Lipinski definition) is 0. The van der Waals surface area contributed by atoms with Gasteiger partial charge in [-0.25, -0.2) is 0 Å². The molecule has 0 radical (unpaired) electrons. The highest BCUT2D eigenvalue weighted by Gasteiger charge is 2.30. The summed E-state index contributed by atoms with van der Waals surface area (Å²) in [5, 5.41) is 0. The Balaban J connectivity index is 0. The molecule has 0 aromatic carbocycles. The fourth-order valence-electron chi connectivity index (χ4n) is 8.02. The molecule has 1 aliphatic rings. The topological polar surface area (TPSA) is 0 Å². The Labute approximate surface area is 296 Å². The molecule has 1 aliphatic carbocycles. The molecule has 0 aromatic heterocycles. The van der Waals surface area contributed by atoms with Crippen molar-refractivity contribution in [3.05, 3.63) is 0 Å². The molecular weight excluding hydrogens is 553 g/mol. The van der Waals surface area contributed by atoms with E-state index >= 15 is 0 Å². The molecule has 0 aromatic rings. The number of unbranched alkanes of at least 4 members (excludes halogenated alkanes) is 30. The van der Waals surface area contributed by atoms with E-state index in [9.17, 15) is 0 Å². The van der Waals surface area contributed by atoms with Crippen molar-refractivity contribution in [1.29, 1.82) is 0 Å². The first-order valence-corrected chi connectivity index (χ1v) is 22.8. The lowest BCUT2D eigenvalue weighted by molar-refractivity contribution is 0.146. The minimum Gasteiger partial charge on any atom is -0.0683 e. The van der Waals surface area contributed by atoms with Crippen molar-refractivity contribution in [2.45, 2.75) is 292 Å². The molecule has 280 valence electrons. The van der Waals surface area contributed by atoms with Crippen LogP contribution in [0.4, 0.5) is 0 Å². The van der Waals surface area contributed by atoms with Crippen molar-refractivity contribution in [1.82, 2.24) is 0 Å². The van der Waals surface area contributed by atoms with Crippen LogP contribution in [-0.2, 0) is 0 Å². The fraction of sp³-hybridized carbons (Fsp3) is 1.00. The fourth-order valence-corrected chi connectivity index (χ4v) is 8.02. The van der Waals surface area contributed by atoms with Crippen molar-refractivity contribution < 1.29 is 0 Å². The summed E-state index contributed by atoms with van der Waals surface area (Å²) in [5.74, 6) is 0. The van der Waals surface area contributed by atoms with Crippen LogP contribution >= 0.6 is 0 Å². The first kappa shape index (κ1) is 48.1. The third-order valence-electron chi connectivity index (χ3n) is 11.0. The Hall–Kier alpha value is 0. The van der Waals surface area contributed by atoms with Crippen LogP contribution < -0.4 is 0 Å². The van der Waals surface area contributed by atoms with Gasteiger partial charge in [0.05, 0.1) is 0 Å². The van der Waals surface area contributed by atoms with Gasteiger partial charge in [0.1, 0.15) is 0 Å². The van der Waals surface area contributed by atoms with E-state index in [2.05, 4.69) is 13.8 Å². The molecule has 0 saturated heterocycles. The predicted molar refractivity (Wildman–Crippen MR) is 217 cm³/mol. The van der Waals surface area contributed by atoms with Crippen molar-refractivity contribution in [2.75, 3.05) is 0 Å². The molecule has 0 atom stereocenters. The minimum atomic E-state index is 0.754. The maximum atomic E-state index is 2.32.